The second kappa shape index (κ2) is 6.21. The molecule has 1 amide bonds. The Hall–Kier alpha value is -0.960. The van der Waals surface area contributed by atoms with E-state index in [1.54, 1.807) is 11.8 Å². The highest BCUT2D eigenvalue weighted by molar-refractivity contribution is 8.01. The van der Waals surface area contributed by atoms with Crippen molar-refractivity contribution in [3.8, 4) is 0 Å². The molecule has 0 saturated heterocycles. The molecule has 1 fully saturated rings. The van der Waals surface area contributed by atoms with Crippen molar-refractivity contribution in [2.75, 3.05) is 7.05 Å². The Kier molecular flexibility index (Phi) is 4.35. The molecule has 1 atom stereocenters. The average molecular weight is 289 g/mol. The third-order valence-corrected chi connectivity index (χ3v) is 5.95. The van der Waals surface area contributed by atoms with Crippen LogP contribution in [0.15, 0.2) is 29.2 Å². The number of benzene rings is 1. The number of carbonyl (C=O) groups excluding carboxylic acids is 1. The molecule has 2 nitrogen and oxygen atoms in total. The molecule has 1 aromatic rings. The van der Waals surface area contributed by atoms with Crippen molar-refractivity contribution in [1.29, 1.82) is 0 Å². The van der Waals surface area contributed by atoms with E-state index in [-0.39, 0.29) is 5.25 Å². The van der Waals surface area contributed by atoms with E-state index in [9.17, 15) is 4.79 Å². The fourth-order valence-electron chi connectivity index (χ4n) is 3.37. The molecule has 1 saturated carbocycles. The van der Waals surface area contributed by atoms with Crippen LogP contribution in [-0.2, 0) is 11.2 Å². The summed E-state index contributed by atoms with van der Waals surface area (Å²) in [5, 5.41) is 0.0978. The zero-order valence-electron chi connectivity index (χ0n) is 12.2. The summed E-state index contributed by atoms with van der Waals surface area (Å²) in [4.78, 5) is 16.1. The summed E-state index contributed by atoms with van der Waals surface area (Å²) in [6.07, 6.45) is 8.50. The molecule has 1 unspecified atom stereocenters. The SMILES string of the molecule is CN(C(=O)C1Cc2ccccc2S1)C1CCCCCC1. The molecule has 1 aromatic carbocycles. The van der Waals surface area contributed by atoms with Gasteiger partial charge in [-0.25, -0.2) is 0 Å². The first-order valence-corrected chi connectivity index (χ1v) is 8.65. The van der Waals surface area contributed by atoms with E-state index >= 15 is 0 Å². The summed E-state index contributed by atoms with van der Waals surface area (Å²) in [7, 11) is 2.02. The topological polar surface area (TPSA) is 20.3 Å². The summed E-state index contributed by atoms with van der Waals surface area (Å²) in [5.41, 5.74) is 1.34. The van der Waals surface area contributed by atoms with Gasteiger partial charge >= 0.3 is 0 Å². The molecule has 3 rings (SSSR count). The van der Waals surface area contributed by atoms with Crippen LogP contribution in [0.1, 0.15) is 44.1 Å². The number of rotatable bonds is 2. The molecule has 20 heavy (non-hydrogen) atoms. The highest BCUT2D eigenvalue weighted by Crippen LogP contribution is 2.38. The van der Waals surface area contributed by atoms with Gasteiger partial charge in [0.1, 0.15) is 0 Å². The first-order valence-electron chi connectivity index (χ1n) is 7.77. The molecule has 0 N–H and O–H groups in total. The maximum atomic E-state index is 12.7. The Bertz CT molecular complexity index is 455. The maximum Gasteiger partial charge on any atom is 0.236 e. The fourth-order valence-corrected chi connectivity index (χ4v) is 4.67. The van der Waals surface area contributed by atoms with Crippen molar-refractivity contribution < 1.29 is 4.79 Å². The Balaban J connectivity index is 1.64. The van der Waals surface area contributed by atoms with Gasteiger partial charge in [0.15, 0.2) is 0 Å². The molecule has 1 heterocycles. The van der Waals surface area contributed by atoms with Crippen LogP contribution in [0.3, 0.4) is 0 Å². The van der Waals surface area contributed by atoms with Crippen molar-refractivity contribution >= 4 is 17.7 Å². The predicted octanol–water partition coefficient (Wildman–Crippen LogP) is 3.88. The molecular formula is C17H23NOS. The van der Waals surface area contributed by atoms with Gasteiger partial charge in [-0.2, -0.15) is 0 Å². The molecule has 1 aliphatic heterocycles. The van der Waals surface area contributed by atoms with E-state index < -0.39 is 0 Å². The third kappa shape index (κ3) is 2.88. The van der Waals surface area contributed by atoms with Crippen LogP contribution in [0.4, 0.5) is 0 Å². The Labute approximate surface area is 125 Å². The smallest absolute Gasteiger partial charge is 0.236 e. The van der Waals surface area contributed by atoms with Crippen LogP contribution in [-0.4, -0.2) is 29.1 Å². The lowest BCUT2D eigenvalue weighted by Gasteiger charge is -2.29. The average Bonchev–Trinajstić information content (AvgIpc) is 2.72. The number of fused-ring (bicyclic) bond motifs is 1. The van der Waals surface area contributed by atoms with Gasteiger partial charge in [0.05, 0.1) is 5.25 Å². The normalized spacial score (nSPS) is 23.1. The van der Waals surface area contributed by atoms with E-state index in [0.717, 1.165) is 6.42 Å². The second-order valence-corrected chi connectivity index (χ2v) is 7.26. The highest BCUT2D eigenvalue weighted by atomic mass is 32.2. The number of hydrogen-bond donors (Lipinski definition) is 0. The lowest BCUT2D eigenvalue weighted by molar-refractivity contribution is -0.131. The third-order valence-electron chi connectivity index (χ3n) is 4.64. The van der Waals surface area contributed by atoms with Gasteiger partial charge in [-0.3, -0.25) is 4.79 Å². The quantitative estimate of drug-likeness (QED) is 0.770. The summed E-state index contributed by atoms with van der Waals surface area (Å²) >= 11 is 1.75. The van der Waals surface area contributed by atoms with E-state index in [1.165, 1.54) is 49.0 Å². The van der Waals surface area contributed by atoms with E-state index in [2.05, 4.69) is 29.2 Å². The molecule has 0 bridgehead atoms. The number of carbonyl (C=O) groups is 1. The summed E-state index contributed by atoms with van der Waals surface area (Å²) in [6, 6.07) is 8.89. The summed E-state index contributed by atoms with van der Waals surface area (Å²) < 4.78 is 0. The minimum atomic E-state index is 0.0978. The molecule has 1 aliphatic carbocycles. The van der Waals surface area contributed by atoms with Crippen LogP contribution in [0.25, 0.3) is 0 Å². The second-order valence-electron chi connectivity index (χ2n) is 6.01. The number of hydrogen-bond acceptors (Lipinski definition) is 2. The van der Waals surface area contributed by atoms with Gasteiger partial charge in [0.25, 0.3) is 0 Å². The van der Waals surface area contributed by atoms with Crippen LogP contribution in [0.2, 0.25) is 0 Å². The van der Waals surface area contributed by atoms with Crippen molar-refractivity contribution in [3.05, 3.63) is 29.8 Å². The predicted molar refractivity (Wildman–Crippen MR) is 84.1 cm³/mol. The first-order chi connectivity index (χ1) is 9.75. The standard InChI is InChI=1S/C17H23NOS/c1-18(14-9-4-2-3-5-10-14)17(19)16-12-13-8-6-7-11-15(13)20-16/h6-8,11,14,16H,2-5,9-10,12H2,1H3. The van der Waals surface area contributed by atoms with Crippen molar-refractivity contribution in [2.24, 2.45) is 0 Å². The molecule has 0 aromatic heterocycles. The van der Waals surface area contributed by atoms with Gasteiger partial charge < -0.3 is 4.90 Å². The Morgan fingerprint density at radius 2 is 1.85 bits per heavy atom. The number of nitrogens with zero attached hydrogens (tertiary/aromatic N) is 1. The van der Waals surface area contributed by atoms with E-state index in [4.69, 9.17) is 0 Å². The van der Waals surface area contributed by atoms with E-state index in [0.29, 0.717) is 11.9 Å². The minimum absolute atomic E-state index is 0.0978. The van der Waals surface area contributed by atoms with Gasteiger partial charge in [-0.05, 0) is 30.9 Å². The Morgan fingerprint density at radius 1 is 1.15 bits per heavy atom. The van der Waals surface area contributed by atoms with Gasteiger partial charge in [0, 0.05) is 18.0 Å². The first kappa shape index (κ1) is 14.0. The molecule has 108 valence electrons. The fraction of sp³-hybridized carbons (Fsp3) is 0.588. The molecular weight excluding hydrogens is 266 g/mol. The Morgan fingerprint density at radius 3 is 2.55 bits per heavy atom. The molecule has 2 aliphatic rings. The summed E-state index contributed by atoms with van der Waals surface area (Å²) in [6.45, 7) is 0. The van der Waals surface area contributed by atoms with Crippen LogP contribution in [0.5, 0.6) is 0 Å². The van der Waals surface area contributed by atoms with Crippen molar-refractivity contribution in [1.82, 2.24) is 4.90 Å². The lowest BCUT2D eigenvalue weighted by Crippen LogP contribution is -2.41. The van der Waals surface area contributed by atoms with Gasteiger partial charge in [-0.1, -0.05) is 43.9 Å². The van der Waals surface area contributed by atoms with Crippen LogP contribution in [0, 0.1) is 0 Å². The largest absolute Gasteiger partial charge is 0.342 e. The van der Waals surface area contributed by atoms with E-state index in [1.807, 2.05) is 7.05 Å². The number of thioether (sulfide) groups is 1. The van der Waals surface area contributed by atoms with Crippen molar-refractivity contribution in [2.45, 2.75) is 61.1 Å². The lowest BCUT2D eigenvalue weighted by atomic mass is 10.1. The van der Waals surface area contributed by atoms with Crippen LogP contribution >= 0.6 is 11.8 Å². The van der Waals surface area contributed by atoms with Crippen LogP contribution < -0.4 is 0 Å². The summed E-state index contributed by atoms with van der Waals surface area (Å²) in [5.74, 6) is 0.332. The monoisotopic (exact) mass is 289 g/mol. The molecule has 0 radical (unpaired) electrons. The van der Waals surface area contributed by atoms with Crippen molar-refractivity contribution in [3.63, 3.8) is 0 Å². The number of amides is 1. The highest BCUT2D eigenvalue weighted by Gasteiger charge is 2.32. The molecule has 3 heteroatoms. The van der Waals surface area contributed by atoms with Gasteiger partial charge in [0.2, 0.25) is 5.91 Å². The molecule has 0 spiro atoms. The van der Waals surface area contributed by atoms with Gasteiger partial charge in [-0.15, -0.1) is 11.8 Å². The zero-order chi connectivity index (χ0) is 13.9. The maximum absolute atomic E-state index is 12.7. The zero-order valence-corrected chi connectivity index (χ0v) is 13.0. The minimum Gasteiger partial charge on any atom is -0.342 e.